The van der Waals surface area contributed by atoms with Gasteiger partial charge in [0.15, 0.2) is 5.60 Å². The fourth-order valence-corrected chi connectivity index (χ4v) is 3.29. The molecule has 0 radical (unpaired) electrons. The zero-order valence-corrected chi connectivity index (χ0v) is 15.8. The van der Waals surface area contributed by atoms with E-state index in [9.17, 15) is 4.79 Å². The van der Waals surface area contributed by atoms with E-state index >= 15 is 0 Å². The van der Waals surface area contributed by atoms with Gasteiger partial charge in [0.25, 0.3) is 5.56 Å². The average molecular weight is 392 g/mol. The lowest BCUT2D eigenvalue weighted by atomic mass is 9.88. The van der Waals surface area contributed by atoms with Crippen molar-refractivity contribution in [2.45, 2.75) is 25.4 Å². The molecular formula is C20H19Cl2NO3. The number of ether oxygens (including phenoxy) is 1. The summed E-state index contributed by atoms with van der Waals surface area (Å²) in [5.74, 6) is 0.786. The largest absolute Gasteiger partial charge is 0.494 e. The highest BCUT2D eigenvalue weighted by Crippen LogP contribution is 2.31. The Hall–Kier alpha value is -2.17. The molecule has 26 heavy (non-hydrogen) atoms. The molecule has 1 atom stereocenters. The highest BCUT2D eigenvalue weighted by Gasteiger charge is 2.33. The molecule has 1 aromatic heterocycles. The zero-order valence-electron chi connectivity index (χ0n) is 14.3. The SMILES string of the molecule is CCOC1=CCC(Cc2ccc(Cl)cc2Cl)(On2ccccc2=O)C=C1. The van der Waals surface area contributed by atoms with Crippen LogP contribution in [0.25, 0.3) is 0 Å². The van der Waals surface area contributed by atoms with Crippen LogP contribution in [0.2, 0.25) is 10.0 Å². The molecule has 0 amide bonds. The third-order valence-electron chi connectivity index (χ3n) is 4.08. The maximum Gasteiger partial charge on any atom is 0.282 e. The lowest BCUT2D eigenvalue weighted by molar-refractivity contribution is -0.0253. The quantitative estimate of drug-likeness (QED) is 0.730. The topological polar surface area (TPSA) is 40.5 Å². The van der Waals surface area contributed by atoms with Crippen molar-refractivity contribution in [1.29, 1.82) is 0 Å². The predicted octanol–water partition coefficient (Wildman–Crippen LogP) is 4.45. The van der Waals surface area contributed by atoms with Crippen LogP contribution in [0.5, 0.6) is 0 Å². The summed E-state index contributed by atoms with van der Waals surface area (Å²) in [5, 5.41) is 1.14. The van der Waals surface area contributed by atoms with E-state index in [1.165, 1.54) is 10.8 Å². The van der Waals surface area contributed by atoms with Gasteiger partial charge in [-0.05, 0) is 48.9 Å². The van der Waals surface area contributed by atoms with E-state index < -0.39 is 5.60 Å². The number of aromatic nitrogens is 1. The van der Waals surface area contributed by atoms with Crippen molar-refractivity contribution in [3.05, 3.63) is 92.5 Å². The van der Waals surface area contributed by atoms with Gasteiger partial charge in [0.1, 0.15) is 5.76 Å². The third kappa shape index (κ3) is 4.32. The van der Waals surface area contributed by atoms with E-state index in [0.29, 0.717) is 29.5 Å². The van der Waals surface area contributed by atoms with Crippen molar-refractivity contribution < 1.29 is 9.57 Å². The fraction of sp³-hybridized carbons (Fsp3) is 0.250. The average Bonchev–Trinajstić information content (AvgIpc) is 2.62. The Morgan fingerprint density at radius 3 is 2.73 bits per heavy atom. The van der Waals surface area contributed by atoms with Crippen LogP contribution in [0.15, 0.2) is 71.4 Å². The van der Waals surface area contributed by atoms with Crippen LogP contribution in [0.1, 0.15) is 18.9 Å². The number of rotatable bonds is 6. The van der Waals surface area contributed by atoms with Gasteiger partial charge in [-0.1, -0.05) is 35.3 Å². The van der Waals surface area contributed by atoms with Gasteiger partial charge in [0.05, 0.1) is 6.61 Å². The minimum absolute atomic E-state index is 0.234. The highest BCUT2D eigenvalue weighted by molar-refractivity contribution is 6.35. The van der Waals surface area contributed by atoms with Crippen LogP contribution in [0.3, 0.4) is 0 Å². The normalized spacial score (nSPS) is 19.1. The number of halogens is 2. The molecule has 0 bridgehead atoms. The van der Waals surface area contributed by atoms with Crippen LogP contribution in [-0.2, 0) is 11.2 Å². The molecule has 0 spiro atoms. The van der Waals surface area contributed by atoms with E-state index in [0.717, 1.165) is 11.3 Å². The Bertz CT molecular complexity index is 904. The molecule has 2 aromatic rings. The van der Waals surface area contributed by atoms with Crippen molar-refractivity contribution in [2.24, 2.45) is 0 Å². The van der Waals surface area contributed by atoms with Gasteiger partial charge < -0.3 is 9.57 Å². The van der Waals surface area contributed by atoms with Gasteiger partial charge in [-0.3, -0.25) is 4.79 Å². The van der Waals surface area contributed by atoms with Crippen LogP contribution < -0.4 is 10.4 Å². The summed E-state index contributed by atoms with van der Waals surface area (Å²) in [4.78, 5) is 18.2. The van der Waals surface area contributed by atoms with Gasteiger partial charge in [0.2, 0.25) is 0 Å². The van der Waals surface area contributed by atoms with Crippen LogP contribution in [0, 0.1) is 0 Å². The van der Waals surface area contributed by atoms with Gasteiger partial charge >= 0.3 is 0 Å². The molecule has 1 unspecified atom stereocenters. The molecule has 1 heterocycles. The molecule has 136 valence electrons. The summed E-state index contributed by atoms with van der Waals surface area (Å²) in [6.07, 6.45) is 8.37. The van der Waals surface area contributed by atoms with E-state index in [2.05, 4.69) is 0 Å². The number of benzene rings is 1. The van der Waals surface area contributed by atoms with Gasteiger partial charge in [-0.2, -0.15) is 4.73 Å². The molecule has 3 rings (SSSR count). The second kappa shape index (κ2) is 8.02. The summed E-state index contributed by atoms with van der Waals surface area (Å²) in [6, 6.07) is 10.2. The molecule has 1 aromatic carbocycles. The molecule has 6 heteroatoms. The lowest BCUT2D eigenvalue weighted by Gasteiger charge is -2.33. The first-order chi connectivity index (χ1) is 12.5. The molecule has 1 aliphatic rings. The van der Waals surface area contributed by atoms with Crippen molar-refractivity contribution in [1.82, 2.24) is 4.73 Å². The summed E-state index contributed by atoms with van der Waals surface area (Å²) in [5.41, 5.74) is -0.108. The van der Waals surface area contributed by atoms with Gasteiger partial charge in [0, 0.05) is 35.2 Å². The molecule has 0 aliphatic heterocycles. The molecule has 0 fully saturated rings. The standard InChI is InChI=1S/C20H19Cl2NO3/c1-2-25-17-8-10-20(11-9-17,26-23-12-4-3-5-19(23)24)14-15-6-7-16(21)13-18(15)22/h3-10,12-13H,2,11,14H2,1H3. The Morgan fingerprint density at radius 2 is 2.08 bits per heavy atom. The summed E-state index contributed by atoms with van der Waals surface area (Å²) in [7, 11) is 0. The molecule has 4 nitrogen and oxygen atoms in total. The first-order valence-electron chi connectivity index (χ1n) is 8.35. The van der Waals surface area contributed by atoms with Crippen molar-refractivity contribution >= 4 is 23.2 Å². The maximum atomic E-state index is 12.1. The molecular weight excluding hydrogens is 373 g/mol. The highest BCUT2D eigenvalue weighted by atomic mass is 35.5. The number of nitrogens with zero attached hydrogens (tertiary/aromatic N) is 1. The Balaban J connectivity index is 1.93. The minimum Gasteiger partial charge on any atom is -0.494 e. The second-order valence-corrected chi connectivity index (χ2v) is 6.85. The molecule has 0 N–H and O–H groups in total. The maximum absolute atomic E-state index is 12.1. The first-order valence-corrected chi connectivity index (χ1v) is 9.10. The van der Waals surface area contributed by atoms with E-state index in [4.69, 9.17) is 32.8 Å². The number of allylic oxidation sites excluding steroid dienone is 1. The number of hydrogen-bond donors (Lipinski definition) is 0. The fourth-order valence-electron chi connectivity index (χ4n) is 2.82. The van der Waals surface area contributed by atoms with Crippen LogP contribution in [-0.4, -0.2) is 16.9 Å². The Labute approximate surface area is 162 Å². The minimum atomic E-state index is -0.761. The molecule has 0 saturated heterocycles. The van der Waals surface area contributed by atoms with E-state index in [1.54, 1.807) is 30.5 Å². The van der Waals surface area contributed by atoms with E-state index in [-0.39, 0.29) is 5.56 Å². The van der Waals surface area contributed by atoms with Crippen molar-refractivity contribution in [3.8, 4) is 0 Å². The third-order valence-corrected chi connectivity index (χ3v) is 4.67. The predicted molar refractivity (Wildman–Crippen MR) is 104 cm³/mol. The van der Waals surface area contributed by atoms with Gasteiger partial charge in [-0.25, -0.2) is 0 Å². The van der Waals surface area contributed by atoms with Crippen LogP contribution >= 0.6 is 23.2 Å². The second-order valence-electron chi connectivity index (χ2n) is 6.01. The number of hydrogen-bond acceptors (Lipinski definition) is 3. The smallest absolute Gasteiger partial charge is 0.282 e. The summed E-state index contributed by atoms with van der Waals surface area (Å²) in [6.45, 7) is 2.52. The summed E-state index contributed by atoms with van der Waals surface area (Å²) < 4.78 is 6.79. The van der Waals surface area contributed by atoms with Crippen molar-refractivity contribution in [2.75, 3.05) is 6.61 Å². The van der Waals surface area contributed by atoms with Crippen LogP contribution in [0.4, 0.5) is 0 Å². The lowest BCUT2D eigenvalue weighted by Crippen LogP contribution is -2.45. The van der Waals surface area contributed by atoms with Gasteiger partial charge in [-0.15, -0.1) is 0 Å². The first kappa shape index (κ1) is 18.6. The van der Waals surface area contributed by atoms with E-state index in [1.807, 2.05) is 31.2 Å². The Morgan fingerprint density at radius 1 is 1.23 bits per heavy atom. The number of pyridine rings is 1. The molecule has 0 saturated carbocycles. The Kier molecular flexibility index (Phi) is 5.74. The summed E-state index contributed by atoms with van der Waals surface area (Å²) >= 11 is 12.3. The van der Waals surface area contributed by atoms with Crippen molar-refractivity contribution in [3.63, 3.8) is 0 Å². The molecule has 1 aliphatic carbocycles. The zero-order chi connectivity index (χ0) is 18.6. The monoisotopic (exact) mass is 391 g/mol.